The summed E-state index contributed by atoms with van der Waals surface area (Å²) < 4.78 is 0. The lowest BCUT2D eigenvalue weighted by Gasteiger charge is -2.29. The van der Waals surface area contributed by atoms with Crippen LogP contribution in [-0.2, 0) is 9.59 Å². The molecule has 3 unspecified atom stereocenters. The fraction of sp³-hybridized carbons (Fsp3) is 0.429. The van der Waals surface area contributed by atoms with Gasteiger partial charge in [-0.15, -0.1) is 0 Å². The third-order valence-electron chi connectivity index (χ3n) is 4.16. The van der Waals surface area contributed by atoms with Crippen LogP contribution in [0.3, 0.4) is 0 Å². The molecule has 0 aromatic heterocycles. The van der Waals surface area contributed by atoms with E-state index in [1.165, 1.54) is 4.90 Å². The molecule has 18 heavy (non-hydrogen) atoms. The topological polar surface area (TPSA) is 57.6 Å². The average molecular weight is 245 g/mol. The molecule has 0 spiro atoms. The van der Waals surface area contributed by atoms with Gasteiger partial charge in [-0.1, -0.05) is 25.1 Å². The Morgan fingerprint density at radius 1 is 1.22 bits per heavy atom. The number of amides is 1. The number of ketones is 1. The highest BCUT2D eigenvalue weighted by atomic mass is 16.3. The zero-order valence-electron chi connectivity index (χ0n) is 10.2. The van der Waals surface area contributed by atoms with Gasteiger partial charge >= 0.3 is 0 Å². The lowest BCUT2D eigenvalue weighted by Crippen LogP contribution is -2.51. The SMILES string of the molecule is CC1CCC2C(=O)C1(O)C(=O)N2c1ccccc1. The third kappa shape index (κ3) is 1.24. The maximum atomic E-state index is 12.4. The van der Waals surface area contributed by atoms with E-state index in [2.05, 4.69) is 0 Å². The molecule has 2 fully saturated rings. The molecule has 1 heterocycles. The van der Waals surface area contributed by atoms with Crippen molar-refractivity contribution in [2.75, 3.05) is 4.90 Å². The van der Waals surface area contributed by atoms with Gasteiger partial charge in [-0.2, -0.15) is 0 Å². The Balaban J connectivity index is 2.09. The van der Waals surface area contributed by atoms with E-state index in [1.54, 1.807) is 19.1 Å². The first-order valence-corrected chi connectivity index (χ1v) is 6.22. The molecule has 1 amide bonds. The molecule has 1 aliphatic heterocycles. The van der Waals surface area contributed by atoms with Gasteiger partial charge in [-0.05, 0) is 25.0 Å². The van der Waals surface area contributed by atoms with E-state index in [1.807, 2.05) is 18.2 Å². The molecule has 0 radical (unpaired) electrons. The molecule has 3 atom stereocenters. The zero-order valence-corrected chi connectivity index (χ0v) is 10.2. The minimum Gasteiger partial charge on any atom is -0.373 e. The van der Waals surface area contributed by atoms with E-state index in [9.17, 15) is 14.7 Å². The summed E-state index contributed by atoms with van der Waals surface area (Å²) in [4.78, 5) is 26.1. The molecular weight excluding hydrogens is 230 g/mol. The first kappa shape index (κ1) is 11.4. The van der Waals surface area contributed by atoms with Crippen LogP contribution in [0, 0.1) is 5.92 Å². The Morgan fingerprint density at radius 3 is 2.50 bits per heavy atom. The Kier molecular flexibility index (Phi) is 2.32. The number of hydrogen-bond donors (Lipinski definition) is 1. The van der Waals surface area contributed by atoms with Gasteiger partial charge in [0.1, 0.15) is 0 Å². The minimum absolute atomic E-state index is 0.303. The van der Waals surface area contributed by atoms with E-state index >= 15 is 0 Å². The summed E-state index contributed by atoms with van der Waals surface area (Å²) in [6, 6.07) is 8.59. The molecule has 1 aromatic rings. The van der Waals surface area contributed by atoms with Crippen molar-refractivity contribution in [1.29, 1.82) is 0 Å². The monoisotopic (exact) mass is 245 g/mol. The molecule has 1 saturated carbocycles. The molecule has 2 bridgehead atoms. The van der Waals surface area contributed by atoms with Crippen LogP contribution >= 0.6 is 0 Å². The number of fused-ring (bicyclic) bond motifs is 2. The van der Waals surface area contributed by atoms with Gasteiger partial charge in [0.05, 0.1) is 6.04 Å². The molecule has 1 aliphatic carbocycles. The first-order chi connectivity index (χ1) is 8.56. The van der Waals surface area contributed by atoms with Crippen LogP contribution in [0.2, 0.25) is 0 Å². The highest BCUT2D eigenvalue weighted by Gasteiger charge is 2.63. The van der Waals surface area contributed by atoms with Crippen LogP contribution in [0.4, 0.5) is 5.69 Å². The number of carbonyl (C=O) groups excluding carboxylic acids is 2. The number of anilines is 1. The van der Waals surface area contributed by atoms with Crippen LogP contribution in [0.25, 0.3) is 0 Å². The standard InChI is InChI=1S/C14H15NO3/c1-9-7-8-11-12(16)14(9,18)13(17)15(11)10-5-3-2-4-6-10/h2-6,9,11,18H,7-8H2,1H3. The van der Waals surface area contributed by atoms with Gasteiger partial charge in [0, 0.05) is 11.6 Å². The molecule has 4 nitrogen and oxygen atoms in total. The Bertz CT molecular complexity index is 513. The van der Waals surface area contributed by atoms with E-state index in [0.29, 0.717) is 18.5 Å². The van der Waals surface area contributed by atoms with E-state index in [0.717, 1.165) is 0 Å². The smallest absolute Gasteiger partial charge is 0.267 e. The van der Waals surface area contributed by atoms with Crippen molar-refractivity contribution in [1.82, 2.24) is 0 Å². The van der Waals surface area contributed by atoms with Gasteiger partial charge in [-0.3, -0.25) is 14.5 Å². The van der Waals surface area contributed by atoms with Crippen molar-refractivity contribution in [3.8, 4) is 0 Å². The van der Waals surface area contributed by atoms with Crippen molar-refractivity contribution in [2.45, 2.75) is 31.4 Å². The predicted molar refractivity (Wildman–Crippen MR) is 66.1 cm³/mol. The van der Waals surface area contributed by atoms with Crippen molar-refractivity contribution in [2.24, 2.45) is 5.92 Å². The van der Waals surface area contributed by atoms with Crippen LogP contribution < -0.4 is 4.90 Å². The van der Waals surface area contributed by atoms with E-state index < -0.39 is 17.6 Å². The Hall–Kier alpha value is -1.68. The summed E-state index contributed by atoms with van der Waals surface area (Å²) in [5.74, 6) is -1.11. The zero-order chi connectivity index (χ0) is 12.9. The van der Waals surface area contributed by atoms with Gasteiger partial charge in [-0.25, -0.2) is 0 Å². The molecule has 94 valence electrons. The second-order valence-electron chi connectivity index (χ2n) is 5.14. The number of benzene rings is 1. The van der Waals surface area contributed by atoms with Gasteiger partial charge in [0.25, 0.3) is 5.91 Å². The van der Waals surface area contributed by atoms with Crippen LogP contribution in [0.15, 0.2) is 30.3 Å². The minimum atomic E-state index is -1.81. The fourth-order valence-corrected chi connectivity index (χ4v) is 3.02. The number of para-hydroxylation sites is 1. The molecule has 2 aliphatic rings. The summed E-state index contributed by atoms with van der Waals surface area (Å²) in [6.45, 7) is 1.76. The van der Waals surface area contributed by atoms with Gasteiger partial charge in [0.2, 0.25) is 5.60 Å². The van der Waals surface area contributed by atoms with Crippen LogP contribution in [0.1, 0.15) is 19.8 Å². The normalized spacial score (nSPS) is 35.1. The highest BCUT2D eigenvalue weighted by Crippen LogP contribution is 2.42. The fourth-order valence-electron chi connectivity index (χ4n) is 3.02. The molecule has 1 saturated heterocycles. The summed E-state index contributed by atoms with van der Waals surface area (Å²) in [5, 5.41) is 10.4. The molecule has 1 N–H and O–H groups in total. The van der Waals surface area contributed by atoms with Crippen molar-refractivity contribution >= 4 is 17.4 Å². The lowest BCUT2D eigenvalue weighted by atomic mass is 9.76. The molecule has 1 aromatic carbocycles. The quantitative estimate of drug-likeness (QED) is 0.755. The predicted octanol–water partition coefficient (Wildman–Crippen LogP) is 1.13. The first-order valence-electron chi connectivity index (χ1n) is 6.22. The van der Waals surface area contributed by atoms with Gasteiger partial charge in [0.15, 0.2) is 5.78 Å². The second-order valence-corrected chi connectivity index (χ2v) is 5.14. The average Bonchev–Trinajstić information content (AvgIpc) is 2.51. The Morgan fingerprint density at radius 2 is 1.89 bits per heavy atom. The van der Waals surface area contributed by atoms with Crippen LogP contribution in [-0.4, -0.2) is 28.4 Å². The summed E-state index contributed by atoms with van der Waals surface area (Å²) in [6.07, 6.45) is 1.32. The number of rotatable bonds is 1. The van der Waals surface area contributed by atoms with Crippen molar-refractivity contribution < 1.29 is 14.7 Å². The van der Waals surface area contributed by atoms with Gasteiger partial charge < -0.3 is 5.11 Å². The molecule has 3 rings (SSSR count). The van der Waals surface area contributed by atoms with Crippen molar-refractivity contribution in [3.63, 3.8) is 0 Å². The number of hydrogen-bond acceptors (Lipinski definition) is 3. The molecule has 4 heteroatoms. The third-order valence-corrected chi connectivity index (χ3v) is 4.16. The second kappa shape index (κ2) is 3.65. The maximum absolute atomic E-state index is 12.4. The summed E-state index contributed by atoms with van der Waals surface area (Å²) >= 11 is 0. The number of aliphatic hydroxyl groups is 1. The number of Topliss-reactive ketones (excluding diaryl/α,β-unsaturated/α-hetero) is 1. The Labute approximate surface area is 105 Å². The summed E-state index contributed by atoms with van der Waals surface area (Å²) in [7, 11) is 0. The number of carbonyl (C=O) groups is 2. The van der Waals surface area contributed by atoms with Crippen molar-refractivity contribution in [3.05, 3.63) is 30.3 Å². The maximum Gasteiger partial charge on any atom is 0.267 e. The molecular formula is C14H15NO3. The lowest BCUT2D eigenvalue weighted by molar-refractivity contribution is -0.152. The highest BCUT2D eigenvalue weighted by molar-refractivity contribution is 6.26. The van der Waals surface area contributed by atoms with E-state index in [-0.39, 0.29) is 11.7 Å². The van der Waals surface area contributed by atoms with Crippen LogP contribution in [0.5, 0.6) is 0 Å². The summed E-state index contributed by atoms with van der Waals surface area (Å²) in [5.41, 5.74) is -1.12. The van der Waals surface area contributed by atoms with E-state index in [4.69, 9.17) is 0 Å². The largest absolute Gasteiger partial charge is 0.373 e. The number of nitrogens with zero attached hydrogens (tertiary/aromatic N) is 1.